The lowest BCUT2D eigenvalue weighted by Gasteiger charge is -2.21. The Labute approximate surface area is 193 Å². The van der Waals surface area contributed by atoms with Crippen LogP contribution in [0.25, 0.3) is 5.57 Å². The van der Waals surface area contributed by atoms with Gasteiger partial charge in [-0.25, -0.2) is 0 Å². The molecule has 1 aromatic heterocycles. The fraction of sp³-hybridized carbons (Fsp3) is 0.429. The molecule has 4 heteroatoms. The van der Waals surface area contributed by atoms with Gasteiger partial charge in [-0.2, -0.15) is 0 Å². The molecule has 0 spiro atoms. The molecular formula is C28H38N2O2. The van der Waals surface area contributed by atoms with Crippen LogP contribution in [0.2, 0.25) is 0 Å². The highest BCUT2D eigenvalue weighted by Crippen LogP contribution is 2.23. The lowest BCUT2D eigenvalue weighted by atomic mass is 9.97. The second kappa shape index (κ2) is 14.2. The SMILES string of the molecule is CCCCC(=CC=CC(=O)N[C@H](CCCc1cccnc1)C(C)C)c1ccc(OC)cc1. The molecule has 1 heterocycles. The maximum atomic E-state index is 12.6. The Morgan fingerprint density at radius 1 is 1.16 bits per heavy atom. The van der Waals surface area contributed by atoms with Crippen LogP contribution < -0.4 is 10.1 Å². The first-order valence-corrected chi connectivity index (χ1v) is 11.7. The maximum absolute atomic E-state index is 12.6. The van der Waals surface area contributed by atoms with Gasteiger partial charge in [0, 0.05) is 24.5 Å². The van der Waals surface area contributed by atoms with Gasteiger partial charge in [0.1, 0.15) is 5.75 Å². The molecular weight excluding hydrogens is 396 g/mol. The van der Waals surface area contributed by atoms with E-state index < -0.39 is 0 Å². The van der Waals surface area contributed by atoms with Gasteiger partial charge >= 0.3 is 0 Å². The van der Waals surface area contributed by atoms with Crippen molar-refractivity contribution < 1.29 is 9.53 Å². The topological polar surface area (TPSA) is 51.2 Å². The van der Waals surface area contributed by atoms with Crippen molar-refractivity contribution in [3.63, 3.8) is 0 Å². The zero-order valence-corrected chi connectivity index (χ0v) is 20.0. The van der Waals surface area contributed by atoms with Crippen LogP contribution in [0, 0.1) is 5.92 Å². The van der Waals surface area contributed by atoms with Gasteiger partial charge in [-0.05, 0) is 72.9 Å². The van der Waals surface area contributed by atoms with Gasteiger partial charge in [-0.3, -0.25) is 9.78 Å². The molecule has 1 amide bonds. The molecule has 0 aliphatic carbocycles. The van der Waals surface area contributed by atoms with Gasteiger partial charge in [-0.15, -0.1) is 0 Å². The van der Waals surface area contributed by atoms with Crippen molar-refractivity contribution in [3.05, 3.63) is 78.1 Å². The Hall–Kier alpha value is -2.88. The molecule has 0 bridgehead atoms. The number of allylic oxidation sites excluding steroid dienone is 3. The van der Waals surface area contributed by atoms with Gasteiger partial charge in [0.2, 0.25) is 5.91 Å². The van der Waals surface area contributed by atoms with E-state index in [1.807, 2.05) is 30.5 Å². The molecule has 0 saturated heterocycles. The number of rotatable bonds is 13. The van der Waals surface area contributed by atoms with Crippen LogP contribution in [-0.4, -0.2) is 24.0 Å². The van der Waals surface area contributed by atoms with Crippen LogP contribution in [0.5, 0.6) is 5.75 Å². The highest BCUT2D eigenvalue weighted by molar-refractivity contribution is 5.88. The summed E-state index contributed by atoms with van der Waals surface area (Å²) in [7, 11) is 1.67. The van der Waals surface area contributed by atoms with Gasteiger partial charge in [0.15, 0.2) is 0 Å². The summed E-state index contributed by atoms with van der Waals surface area (Å²) in [6.45, 7) is 6.51. The number of nitrogens with one attached hydrogen (secondary N) is 1. The lowest BCUT2D eigenvalue weighted by molar-refractivity contribution is -0.117. The molecule has 0 aliphatic rings. The first kappa shape index (κ1) is 25.4. The number of amides is 1. The Bertz CT molecular complexity index is 855. The number of carbonyl (C=O) groups excluding carboxylic acids is 1. The Balaban J connectivity index is 1.94. The van der Waals surface area contributed by atoms with E-state index in [-0.39, 0.29) is 11.9 Å². The molecule has 0 unspecified atom stereocenters. The predicted octanol–water partition coefficient (Wildman–Crippen LogP) is 6.38. The van der Waals surface area contributed by atoms with Crippen molar-refractivity contribution in [1.29, 1.82) is 0 Å². The Morgan fingerprint density at radius 2 is 1.94 bits per heavy atom. The Morgan fingerprint density at radius 3 is 2.56 bits per heavy atom. The number of pyridine rings is 1. The van der Waals surface area contributed by atoms with Crippen molar-refractivity contribution >= 4 is 11.5 Å². The molecule has 0 fully saturated rings. The smallest absolute Gasteiger partial charge is 0.244 e. The van der Waals surface area contributed by atoms with Crippen molar-refractivity contribution in [3.8, 4) is 5.75 Å². The molecule has 0 aliphatic heterocycles. The summed E-state index contributed by atoms with van der Waals surface area (Å²) in [4.78, 5) is 16.7. The van der Waals surface area contributed by atoms with Crippen LogP contribution in [0.3, 0.4) is 0 Å². The zero-order valence-electron chi connectivity index (χ0n) is 20.0. The standard InChI is InChI=1S/C28H38N2O2/c1-5-6-12-24(25-16-18-26(32-4)19-17-25)13-8-15-28(31)30-27(22(2)3)14-7-10-23-11-9-20-29-21-23/h8-9,11,13,15-22,27H,5-7,10,12,14H2,1-4H3,(H,30,31)/t27-/m1/s1. The van der Waals surface area contributed by atoms with Crippen molar-refractivity contribution in [2.24, 2.45) is 5.92 Å². The quantitative estimate of drug-likeness (QED) is 0.294. The minimum Gasteiger partial charge on any atom is -0.497 e. The summed E-state index contributed by atoms with van der Waals surface area (Å²) in [5, 5.41) is 3.19. The van der Waals surface area contributed by atoms with E-state index in [1.165, 1.54) is 16.7 Å². The maximum Gasteiger partial charge on any atom is 0.244 e. The molecule has 1 atom stereocenters. The molecule has 172 valence electrons. The summed E-state index contributed by atoms with van der Waals surface area (Å²) in [6, 6.07) is 12.3. The zero-order chi connectivity index (χ0) is 23.2. The number of unbranched alkanes of at least 4 members (excludes halogenated alkanes) is 1. The number of aryl methyl sites for hydroxylation is 1. The summed E-state index contributed by atoms with van der Waals surface area (Å²) in [6.07, 6.45) is 15.5. The lowest BCUT2D eigenvalue weighted by Crippen LogP contribution is -2.37. The third-order valence-corrected chi connectivity index (χ3v) is 5.64. The summed E-state index contributed by atoms with van der Waals surface area (Å²) in [5.74, 6) is 1.20. The molecule has 0 saturated carbocycles. The molecule has 32 heavy (non-hydrogen) atoms. The number of methoxy groups -OCH3 is 1. The van der Waals surface area contributed by atoms with Crippen molar-refractivity contribution in [1.82, 2.24) is 10.3 Å². The van der Waals surface area contributed by atoms with Crippen LogP contribution in [0.4, 0.5) is 0 Å². The van der Waals surface area contributed by atoms with E-state index in [4.69, 9.17) is 4.74 Å². The molecule has 1 aromatic carbocycles. The highest BCUT2D eigenvalue weighted by Gasteiger charge is 2.14. The van der Waals surface area contributed by atoms with E-state index in [0.717, 1.165) is 44.3 Å². The number of carbonyl (C=O) groups is 1. The number of ether oxygens (including phenoxy) is 1. The second-order valence-corrected chi connectivity index (χ2v) is 8.50. The van der Waals surface area contributed by atoms with Gasteiger partial charge in [0.05, 0.1) is 7.11 Å². The van der Waals surface area contributed by atoms with E-state index >= 15 is 0 Å². The number of hydrogen-bond donors (Lipinski definition) is 1. The first-order valence-electron chi connectivity index (χ1n) is 11.7. The van der Waals surface area contributed by atoms with Crippen LogP contribution in [-0.2, 0) is 11.2 Å². The van der Waals surface area contributed by atoms with E-state index in [1.54, 1.807) is 19.4 Å². The third-order valence-electron chi connectivity index (χ3n) is 5.64. The third kappa shape index (κ3) is 9.09. The number of benzene rings is 1. The van der Waals surface area contributed by atoms with Crippen LogP contribution in [0.1, 0.15) is 64.0 Å². The van der Waals surface area contributed by atoms with Crippen molar-refractivity contribution in [2.45, 2.75) is 65.3 Å². The molecule has 1 N–H and O–H groups in total. The average molecular weight is 435 g/mol. The fourth-order valence-electron chi connectivity index (χ4n) is 3.62. The fourth-order valence-corrected chi connectivity index (χ4v) is 3.62. The summed E-state index contributed by atoms with van der Waals surface area (Å²) >= 11 is 0. The van der Waals surface area contributed by atoms with Crippen LogP contribution >= 0.6 is 0 Å². The molecule has 2 rings (SSSR count). The largest absolute Gasteiger partial charge is 0.497 e. The van der Waals surface area contributed by atoms with Crippen LogP contribution in [0.15, 0.2) is 67.0 Å². The molecule has 4 nitrogen and oxygen atoms in total. The minimum atomic E-state index is -0.0362. The normalized spacial score (nSPS) is 12.8. The highest BCUT2D eigenvalue weighted by atomic mass is 16.5. The van der Waals surface area contributed by atoms with Gasteiger partial charge in [-0.1, -0.05) is 57.5 Å². The van der Waals surface area contributed by atoms with Gasteiger partial charge < -0.3 is 10.1 Å². The minimum absolute atomic E-state index is 0.0362. The number of hydrogen-bond acceptors (Lipinski definition) is 3. The van der Waals surface area contributed by atoms with E-state index in [0.29, 0.717) is 5.92 Å². The molecule has 0 radical (unpaired) electrons. The van der Waals surface area contributed by atoms with E-state index in [2.05, 4.69) is 55.3 Å². The predicted molar refractivity (Wildman–Crippen MR) is 134 cm³/mol. The van der Waals surface area contributed by atoms with Crippen molar-refractivity contribution in [2.75, 3.05) is 7.11 Å². The second-order valence-electron chi connectivity index (χ2n) is 8.50. The van der Waals surface area contributed by atoms with Gasteiger partial charge in [0.25, 0.3) is 0 Å². The number of aromatic nitrogens is 1. The first-order chi connectivity index (χ1) is 15.5. The van der Waals surface area contributed by atoms with E-state index in [9.17, 15) is 4.79 Å². The summed E-state index contributed by atoms with van der Waals surface area (Å²) in [5.41, 5.74) is 3.64. The summed E-state index contributed by atoms with van der Waals surface area (Å²) < 4.78 is 5.26. The molecule has 2 aromatic rings. The number of nitrogens with zero attached hydrogens (tertiary/aromatic N) is 1. The Kier molecular flexibility index (Phi) is 11.3. The monoisotopic (exact) mass is 434 g/mol. The average Bonchev–Trinajstić information content (AvgIpc) is 2.81.